The number of aromatic amines is 1. The van der Waals surface area contributed by atoms with Gasteiger partial charge in [0.1, 0.15) is 0 Å². The molecule has 0 aliphatic heterocycles. The van der Waals surface area contributed by atoms with Crippen molar-refractivity contribution in [3.05, 3.63) is 71.4 Å². The summed E-state index contributed by atoms with van der Waals surface area (Å²) in [7, 11) is 0. The van der Waals surface area contributed by atoms with E-state index in [0.717, 1.165) is 54.3 Å². The van der Waals surface area contributed by atoms with Crippen molar-refractivity contribution < 1.29 is 22.8 Å². The maximum Gasteiger partial charge on any atom is 0.416 e. The Hall–Kier alpha value is -3.29. The molecular formula is C29H36F3N3O2. The first-order chi connectivity index (χ1) is 17.7. The van der Waals surface area contributed by atoms with Gasteiger partial charge in [-0.05, 0) is 48.6 Å². The molecule has 0 aliphatic rings. The largest absolute Gasteiger partial charge is 0.416 e. The van der Waals surface area contributed by atoms with Gasteiger partial charge in [-0.25, -0.2) is 0 Å². The lowest BCUT2D eigenvalue weighted by molar-refractivity contribution is -0.141. The van der Waals surface area contributed by atoms with Crippen LogP contribution in [0.4, 0.5) is 13.2 Å². The predicted octanol–water partition coefficient (Wildman–Crippen LogP) is 6.58. The number of H-pyrrole nitrogens is 1. The summed E-state index contributed by atoms with van der Waals surface area (Å²) in [5.74, 6) is -0.240. The van der Waals surface area contributed by atoms with Crippen LogP contribution in [0.5, 0.6) is 0 Å². The highest BCUT2D eigenvalue weighted by Gasteiger charge is 2.30. The van der Waals surface area contributed by atoms with Crippen molar-refractivity contribution in [3.8, 4) is 0 Å². The number of unbranched alkanes of at least 4 members (excludes halogenated alkanes) is 2. The Labute approximate surface area is 216 Å². The molecule has 2 aromatic carbocycles. The van der Waals surface area contributed by atoms with E-state index in [2.05, 4.69) is 4.98 Å². The van der Waals surface area contributed by atoms with Crippen molar-refractivity contribution in [2.24, 2.45) is 0 Å². The minimum absolute atomic E-state index is 0.0307. The highest BCUT2D eigenvalue weighted by Crippen LogP contribution is 2.29. The topological polar surface area (TPSA) is 56.4 Å². The molecule has 3 rings (SSSR count). The lowest BCUT2D eigenvalue weighted by Gasteiger charge is -2.28. The van der Waals surface area contributed by atoms with Gasteiger partial charge in [0.05, 0.1) is 12.1 Å². The Morgan fingerprint density at radius 2 is 1.57 bits per heavy atom. The van der Waals surface area contributed by atoms with E-state index in [4.69, 9.17) is 0 Å². The molecule has 0 bridgehead atoms. The molecule has 0 saturated heterocycles. The lowest BCUT2D eigenvalue weighted by atomic mass is 10.1. The molecule has 0 spiro atoms. The van der Waals surface area contributed by atoms with Gasteiger partial charge >= 0.3 is 6.18 Å². The van der Waals surface area contributed by atoms with Crippen LogP contribution in [0, 0.1) is 0 Å². The number of carbonyl (C=O) groups excluding carboxylic acids is 2. The number of aromatic nitrogens is 1. The van der Waals surface area contributed by atoms with Gasteiger partial charge in [0.2, 0.25) is 11.8 Å². The molecule has 0 radical (unpaired) electrons. The van der Waals surface area contributed by atoms with Crippen LogP contribution in [0.25, 0.3) is 10.9 Å². The van der Waals surface area contributed by atoms with Crippen molar-refractivity contribution in [2.45, 2.75) is 65.1 Å². The van der Waals surface area contributed by atoms with Crippen molar-refractivity contribution in [2.75, 3.05) is 19.6 Å². The standard InChI is InChI=1S/C29H36F3N3O2/c1-3-5-11-27(36)34(17-6-4-2)21-28(37)35(20-22-12-14-24(15-13-22)29(30,31)32)18-16-23-19-33-26-10-8-7-9-25(23)26/h7-10,12-15,19,33H,3-6,11,16-18,20-21H2,1-2H3. The number of rotatable bonds is 13. The Bertz CT molecular complexity index is 1160. The van der Waals surface area contributed by atoms with Gasteiger partial charge in [-0.1, -0.05) is 57.0 Å². The second-order valence-corrected chi connectivity index (χ2v) is 9.39. The van der Waals surface area contributed by atoms with E-state index in [9.17, 15) is 22.8 Å². The van der Waals surface area contributed by atoms with Gasteiger partial charge < -0.3 is 14.8 Å². The second-order valence-electron chi connectivity index (χ2n) is 9.39. The molecule has 1 N–H and O–H groups in total. The first-order valence-corrected chi connectivity index (χ1v) is 13.0. The zero-order valence-electron chi connectivity index (χ0n) is 21.6. The van der Waals surface area contributed by atoms with Crippen LogP contribution in [0.2, 0.25) is 0 Å². The van der Waals surface area contributed by atoms with Gasteiger partial charge in [0.15, 0.2) is 0 Å². The number of para-hydroxylation sites is 1. The third-order valence-electron chi connectivity index (χ3n) is 6.54. The molecule has 0 unspecified atom stereocenters. The van der Waals surface area contributed by atoms with Crippen LogP contribution in [-0.2, 0) is 28.7 Å². The van der Waals surface area contributed by atoms with Crippen LogP contribution < -0.4 is 0 Å². The van der Waals surface area contributed by atoms with Crippen LogP contribution in [0.3, 0.4) is 0 Å². The van der Waals surface area contributed by atoms with E-state index in [1.165, 1.54) is 12.1 Å². The molecule has 0 fully saturated rings. The zero-order valence-corrected chi connectivity index (χ0v) is 21.6. The van der Waals surface area contributed by atoms with Crippen LogP contribution >= 0.6 is 0 Å². The smallest absolute Gasteiger partial charge is 0.361 e. The predicted molar refractivity (Wildman–Crippen MR) is 140 cm³/mol. The lowest BCUT2D eigenvalue weighted by Crippen LogP contribution is -2.43. The molecule has 1 heterocycles. The SMILES string of the molecule is CCCCC(=O)N(CCCC)CC(=O)N(CCc1c[nH]c2ccccc12)Cc1ccc(C(F)(F)F)cc1. The van der Waals surface area contributed by atoms with Gasteiger partial charge in [-0.2, -0.15) is 13.2 Å². The first kappa shape index (κ1) is 28.3. The number of amides is 2. The molecule has 5 nitrogen and oxygen atoms in total. The van der Waals surface area contributed by atoms with Gasteiger partial charge in [-0.3, -0.25) is 9.59 Å². The molecular weight excluding hydrogens is 479 g/mol. The van der Waals surface area contributed by atoms with E-state index < -0.39 is 11.7 Å². The van der Waals surface area contributed by atoms with E-state index in [1.807, 2.05) is 44.3 Å². The first-order valence-electron chi connectivity index (χ1n) is 13.0. The molecule has 0 aliphatic carbocycles. The molecule has 2 amide bonds. The molecule has 1 aromatic heterocycles. The number of carbonyl (C=O) groups is 2. The summed E-state index contributed by atoms with van der Waals surface area (Å²) < 4.78 is 39.1. The molecule has 200 valence electrons. The summed E-state index contributed by atoms with van der Waals surface area (Å²) in [5.41, 5.74) is 1.95. The zero-order chi connectivity index (χ0) is 26.8. The summed E-state index contributed by atoms with van der Waals surface area (Å²) in [5, 5.41) is 1.07. The van der Waals surface area contributed by atoms with E-state index in [-0.39, 0.29) is 24.9 Å². The molecule has 8 heteroatoms. The van der Waals surface area contributed by atoms with Crippen molar-refractivity contribution in [3.63, 3.8) is 0 Å². The average molecular weight is 516 g/mol. The summed E-state index contributed by atoms with van der Waals surface area (Å²) in [6.45, 7) is 5.09. The highest BCUT2D eigenvalue weighted by molar-refractivity contribution is 5.85. The number of alkyl halides is 3. The fraction of sp³-hybridized carbons (Fsp3) is 0.448. The number of nitrogens with zero attached hydrogens (tertiary/aromatic N) is 2. The number of hydrogen-bond acceptors (Lipinski definition) is 2. The normalized spacial score (nSPS) is 11.6. The number of hydrogen-bond donors (Lipinski definition) is 1. The van der Waals surface area contributed by atoms with Crippen LogP contribution in [-0.4, -0.2) is 46.2 Å². The number of benzene rings is 2. The average Bonchev–Trinajstić information content (AvgIpc) is 3.30. The molecule has 0 saturated carbocycles. The maximum atomic E-state index is 13.5. The van der Waals surface area contributed by atoms with Crippen molar-refractivity contribution in [1.29, 1.82) is 0 Å². The fourth-order valence-electron chi connectivity index (χ4n) is 4.30. The Balaban J connectivity index is 1.79. The molecule has 3 aromatic rings. The van der Waals surface area contributed by atoms with Gasteiger partial charge in [-0.15, -0.1) is 0 Å². The minimum Gasteiger partial charge on any atom is -0.361 e. The summed E-state index contributed by atoms with van der Waals surface area (Å²) in [6, 6.07) is 12.8. The third-order valence-corrected chi connectivity index (χ3v) is 6.54. The van der Waals surface area contributed by atoms with Gasteiger partial charge in [0, 0.05) is 43.2 Å². The third kappa shape index (κ3) is 8.10. The molecule has 0 atom stereocenters. The van der Waals surface area contributed by atoms with E-state index in [1.54, 1.807) is 9.80 Å². The number of fused-ring (bicyclic) bond motifs is 1. The Morgan fingerprint density at radius 1 is 0.865 bits per heavy atom. The van der Waals surface area contributed by atoms with E-state index in [0.29, 0.717) is 31.5 Å². The highest BCUT2D eigenvalue weighted by atomic mass is 19.4. The van der Waals surface area contributed by atoms with Crippen LogP contribution in [0.15, 0.2) is 54.7 Å². The summed E-state index contributed by atoms with van der Waals surface area (Å²) in [6.07, 6.45) is 1.87. The Kier molecular flexibility index (Phi) is 10.2. The molecule has 37 heavy (non-hydrogen) atoms. The summed E-state index contributed by atoms with van der Waals surface area (Å²) >= 11 is 0. The monoisotopic (exact) mass is 515 g/mol. The quantitative estimate of drug-likeness (QED) is 0.280. The van der Waals surface area contributed by atoms with Gasteiger partial charge in [0.25, 0.3) is 0 Å². The summed E-state index contributed by atoms with van der Waals surface area (Å²) in [4.78, 5) is 32.8. The number of halogens is 3. The van der Waals surface area contributed by atoms with Crippen LogP contribution in [0.1, 0.15) is 62.6 Å². The second kappa shape index (κ2) is 13.3. The maximum absolute atomic E-state index is 13.5. The van der Waals surface area contributed by atoms with Crippen molar-refractivity contribution >= 4 is 22.7 Å². The Morgan fingerprint density at radius 3 is 2.24 bits per heavy atom. The number of nitrogens with one attached hydrogen (secondary N) is 1. The fourth-order valence-corrected chi connectivity index (χ4v) is 4.30. The van der Waals surface area contributed by atoms with Crippen molar-refractivity contribution in [1.82, 2.24) is 14.8 Å². The minimum atomic E-state index is -4.41. The van der Waals surface area contributed by atoms with E-state index >= 15 is 0 Å².